The molecule has 0 radical (unpaired) electrons. The number of carbonyl (C=O) groups is 2. The maximum atomic E-state index is 12.1. The van der Waals surface area contributed by atoms with E-state index in [1.807, 2.05) is 12.2 Å². The molecule has 0 aromatic heterocycles. The predicted molar refractivity (Wildman–Crippen MR) is 119 cm³/mol. The van der Waals surface area contributed by atoms with Gasteiger partial charge in [-0.05, 0) is 12.8 Å². The molecular weight excluding hydrogens is 778 g/mol. The van der Waals surface area contributed by atoms with Crippen molar-refractivity contribution in [1.82, 2.24) is 4.31 Å². The number of rotatable bonds is 7. The van der Waals surface area contributed by atoms with Crippen molar-refractivity contribution in [1.29, 1.82) is 0 Å². The van der Waals surface area contributed by atoms with E-state index >= 15 is 0 Å². The van der Waals surface area contributed by atoms with Gasteiger partial charge in [0.25, 0.3) is 0 Å². The second-order valence-corrected chi connectivity index (χ2v) is 12.2. The largest absolute Gasteiger partial charge is 0.460 e. The van der Waals surface area contributed by atoms with Gasteiger partial charge in [0.2, 0.25) is 15.5 Å². The van der Waals surface area contributed by atoms with Gasteiger partial charge in [0.05, 0.1) is 11.8 Å². The third-order valence-electron chi connectivity index (χ3n) is 5.03. The van der Waals surface area contributed by atoms with Gasteiger partial charge < -0.3 is 0 Å². The molecule has 1 fully saturated rings. The molecule has 0 aromatic carbocycles. The fraction of sp³-hybridized carbons (Fsp3) is 0.778. The van der Waals surface area contributed by atoms with Gasteiger partial charge in [-0.25, -0.2) is 21.9 Å². The molecule has 260 valence electrons. The first kappa shape index (κ1) is 43.1. The molecule has 1 heterocycles. The van der Waals surface area contributed by atoms with Crippen LogP contribution in [-0.2, 0) is 9.59 Å². The van der Waals surface area contributed by atoms with Gasteiger partial charge in [-0.1, -0.05) is 35.4 Å². The van der Waals surface area contributed by atoms with Crippen molar-refractivity contribution >= 4 is 70.2 Å². The first-order chi connectivity index (χ1) is 19.2. The van der Waals surface area contributed by atoms with Crippen molar-refractivity contribution < 1.29 is 88.6 Å². The third-order valence-corrected chi connectivity index (χ3v) is 8.26. The van der Waals surface area contributed by atoms with Gasteiger partial charge in [-0.15, -0.1) is 23.2 Å². The number of hydrogen-bond donors (Lipinski definition) is 0. The van der Waals surface area contributed by atoms with E-state index in [-0.39, 0.29) is 23.7 Å². The zero-order chi connectivity index (χ0) is 35.7. The molecular formula is C18H11Cl4F18NO2S. The van der Waals surface area contributed by atoms with Crippen LogP contribution >= 0.6 is 58.4 Å². The maximum Gasteiger partial charge on any atom is 0.460 e. The highest BCUT2D eigenvalue weighted by Gasteiger charge is 2.77. The summed E-state index contributed by atoms with van der Waals surface area (Å²) in [7, 11) is 0. The van der Waals surface area contributed by atoms with Crippen molar-refractivity contribution in [3.63, 3.8) is 0 Å². The molecule has 3 nitrogen and oxygen atoms in total. The lowest BCUT2D eigenvalue weighted by Gasteiger charge is -2.27. The van der Waals surface area contributed by atoms with Crippen molar-refractivity contribution in [2.45, 2.75) is 70.2 Å². The number of allylic oxidation sites excluding steroid dienone is 2. The summed E-state index contributed by atoms with van der Waals surface area (Å²) < 4.78 is 203. The topological polar surface area (TPSA) is 37.4 Å². The van der Waals surface area contributed by atoms with Crippen molar-refractivity contribution in [3.8, 4) is 0 Å². The molecule has 2 amide bonds. The fourth-order valence-electron chi connectivity index (χ4n) is 2.67. The monoisotopic (exact) mass is 787 g/mol. The number of imide groups is 1. The summed E-state index contributed by atoms with van der Waals surface area (Å²) in [4.78, 5) is 23.1. The summed E-state index contributed by atoms with van der Waals surface area (Å²) in [6.07, 6.45) is -18.6. The van der Waals surface area contributed by atoms with E-state index in [1.165, 1.54) is 0 Å². The fourth-order valence-corrected chi connectivity index (χ4v) is 4.10. The van der Waals surface area contributed by atoms with Crippen molar-refractivity contribution in [2.75, 3.05) is 0 Å². The highest BCUT2D eigenvalue weighted by Crippen LogP contribution is 2.51. The molecule has 2 rings (SSSR count). The van der Waals surface area contributed by atoms with Gasteiger partial charge in [0.1, 0.15) is 0 Å². The Kier molecular flexibility index (Phi) is 14.2. The van der Waals surface area contributed by atoms with Crippen LogP contribution in [0.2, 0.25) is 0 Å². The Balaban J connectivity index is 0.000000647. The first-order valence-electron chi connectivity index (χ1n) is 10.3. The normalized spacial score (nSPS) is 20.5. The van der Waals surface area contributed by atoms with Crippen LogP contribution in [0.1, 0.15) is 12.8 Å². The lowest BCUT2D eigenvalue weighted by Crippen LogP contribution is -2.55. The Hall–Kier alpha value is -0.870. The number of alkyl halides is 22. The molecule has 2 aliphatic rings. The summed E-state index contributed by atoms with van der Waals surface area (Å²) in [6, 6.07) is 0. The molecule has 0 spiro atoms. The van der Waals surface area contributed by atoms with E-state index in [1.54, 1.807) is 0 Å². The lowest BCUT2D eigenvalue weighted by molar-refractivity contribution is -0.375. The predicted octanol–water partition coefficient (Wildman–Crippen LogP) is 9.69. The SMILES string of the molecule is FC(F)C(F)(F)C(F)(F)C(F)(F)F.FC(F)C(F)(F)C(F)(F)C(F)(F)F.O=C1C2CC=CCC2C(=O)N1SC(Cl)(Cl)C(Cl)Cl. The van der Waals surface area contributed by atoms with E-state index in [0.29, 0.717) is 24.8 Å². The van der Waals surface area contributed by atoms with E-state index in [2.05, 4.69) is 0 Å². The standard InChI is InChI=1S/C10H9Cl4NO2S.2C4HF9/c11-9(12)10(13,14)18-15-7(16)5-3-1-2-4-6(5)8(15)17;2*5-1(6)2(7,8)3(9,10)4(11,12)13/h1-2,5-6,9H,3-4H2;2*1H. The Morgan fingerprint density at radius 1 is 0.636 bits per heavy atom. The number of amides is 2. The molecule has 0 aromatic rings. The van der Waals surface area contributed by atoms with Crippen molar-refractivity contribution in [3.05, 3.63) is 12.2 Å². The summed E-state index contributed by atoms with van der Waals surface area (Å²) in [5.74, 6) is -27.5. The van der Waals surface area contributed by atoms with Gasteiger partial charge in [-0.2, -0.15) is 61.5 Å². The van der Waals surface area contributed by atoms with Crippen LogP contribution in [0, 0.1) is 11.8 Å². The molecule has 26 heteroatoms. The second-order valence-electron chi connectivity index (χ2n) is 8.07. The minimum absolute atomic E-state index is 0.279. The molecule has 1 aliphatic carbocycles. The Morgan fingerprint density at radius 2 is 0.909 bits per heavy atom. The average Bonchev–Trinajstić information content (AvgIpc) is 3.07. The third kappa shape index (κ3) is 9.14. The highest BCUT2D eigenvalue weighted by molar-refractivity contribution is 8.02. The second kappa shape index (κ2) is 14.5. The highest BCUT2D eigenvalue weighted by atomic mass is 35.5. The summed E-state index contributed by atoms with van der Waals surface area (Å²) in [5, 5.41) is 0. The summed E-state index contributed by atoms with van der Waals surface area (Å²) in [5.41, 5.74) is 0. The molecule has 0 N–H and O–H groups in total. The van der Waals surface area contributed by atoms with Gasteiger partial charge in [0.15, 0.2) is 4.84 Å². The van der Waals surface area contributed by atoms with Crippen LogP contribution in [0.15, 0.2) is 12.2 Å². The van der Waals surface area contributed by atoms with Gasteiger partial charge >= 0.3 is 48.9 Å². The first-order valence-corrected chi connectivity index (χ1v) is 12.7. The van der Waals surface area contributed by atoms with Crippen LogP contribution in [0.5, 0.6) is 0 Å². The number of fused-ring (bicyclic) bond motifs is 1. The molecule has 2 unspecified atom stereocenters. The molecule has 44 heavy (non-hydrogen) atoms. The van der Waals surface area contributed by atoms with E-state index in [4.69, 9.17) is 46.4 Å². The smallest absolute Gasteiger partial charge is 0.273 e. The van der Waals surface area contributed by atoms with Crippen molar-refractivity contribution in [2.24, 2.45) is 11.8 Å². The van der Waals surface area contributed by atoms with Gasteiger partial charge in [0, 0.05) is 11.9 Å². The van der Waals surface area contributed by atoms with Crippen LogP contribution in [0.3, 0.4) is 0 Å². The molecule has 2 atom stereocenters. The summed E-state index contributed by atoms with van der Waals surface area (Å²) in [6.45, 7) is 0. The van der Waals surface area contributed by atoms with Crippen LogP contribution < -0.4 is 0 Å². The van der Waals surface area contributed by atoms with Gasteiger partial charge in [-0.3, -0.25) is 9.59 Å². The van der Waals surface area contributed by atoms with Crippen LogP contribution in [0.25, 0.3) is 0 Å². The Labute approximate surface area is 257 Å². The zero-order valence-electron chi connectivity index (χ0n) is 19.9. The number of halogens is 22. The van der Waals surface area contributed by atoms with E-state index in [9.17, 15) is 88.6 Å². The quantitative estimate of drug-likeness (QED) is 0.0849. The van der Waals surface area contributed by atoms with E-state index in [0.717, 1.165) is 4.31 Å². The van der Waals surface area contributed by atoms with Crippen LogP contribution in [0.4, 0.5) is 79.0 Å². The number of nitrogens with zero attached hydrogens (tertiary/aromatic N) is 1. The molecule has 0 bridgehead atoms. The Morgan fingerprint density at radius 3 is 1.09 bits per heavy atom. The average molecular weight is 789 g/mol. The minimum atomic E-state index is -6.73. The molecule has 0 saturated carbocycles. The van der Waals surface area contributed by atoms with E-state index < -0.39 is 57.4 Å². The zero-order valence-corrected chi connectivity index (χ0v) is 23.8. The molecule has 1 aliphatic heterocycles. The maximum absolute atomic E-state index is 12.1. The van der Waals surface area contributed by atoms with Crippen LogP contribution in [-0.4, -0.2) is 73.5 Å². The Bertz CT molecular complexity index is 967. The number of carbonyl (C=O) groups excluding carboxylic acids is 2. The summed E-state index contributed by atoms with van der Waals surface area (Å²) >= 11 is 23.7. The number of hydrogen-bond acceptors (Lipinski definition) is 3. The molecule has 1 saturated heterocycles. The minimum Gasteiger partial charge on any atom is -0.273 e. The lowest BCUT2D eigenvalue weighted by atomic mass is 9.85.